The molecule has 96 valence electrons. The van der Waals surface area contributed by atoms with Gasteiger partial charge in [-0.3, -0.25) is 0 Å². The average molecular weight is 474 g/mol. The quantitative estimate of drug-likeness (QED) is 0.576. The molecule has 0 saturated carbocycles. The van der Waals surface area contributed by atoms with Crippen molar-refractivity contribution in [2.45, 2.75) is 6.04 Å². The molecular weight excluding hydrogens is 465 g/mol. The molecule has 6 heteroatoms. The number of hydrogen-bond donors (Lipinski definition) is 1. The highest BCUT2D eigenvalue weighted by Crippen LogP contribution is 2.39. The molecule has 0 aliphatic heterocycles. The predicted molar refractivity (Wildman–Crippen MR) is 89.8 cm³/mol. The number of nitrogens with one attached hydrogen (secondary N) is 1. The van der Waals surface area contributed by atoms with Crippen LogP contribution in [0.3, 0.4) is 0 Å². The Labute approximate surface area is 140 Å². The zero-order valence-electron chi connectivity index (χ0n) is 9.31. The zero-order chi connectivity index (χ0) is 13.3. The van der Waals surface area contributed by atoms with Crippen molar-refractivity contribution in [1.29, 1.82) is 0 Å². The zero-order valence-corrected chi connectivity index (χ0v) is 15.6. The van der Waals surface area contributed by atoms with Gasteiger partial charge in [-0.25, -0.2) is 0 Å². The van der Waals surface area contributed by atoms with Crippen LogP contribution in [0.25, 0.3) is 0 Å². The standard InChI is InChI=1S/C12H9Br3ClNS/c1-17-11(10-5-8(14)12(15)18-10)7-4-6(13)2-3-9(7)16/h2-5,11,17H,1H3. The van der Waals surface area contributed by atoms with Gasteiger partial charge in [0, 0.05) is 18.8 Å². The van der Waals surface area contributed by atoms with E-state index in [9.17, 15) is 0 Å². The minimum absolute atomic E-state index is 0.0857. The summed E-state index contributed by atoms with van der Waals surface area (Å²) in [5.41, 5.74) is 1.06. The molecule has 0 saturated heterocycles. The summed E-state index contributed by atoms with van der Waals surface area (Å²) in [4.78, 5) is 1.20. The largest absolute Gasteiger partial charge is 0.309 e. The molecule has 1 heterocycles. The predicted octanol–water partition coefficient (Wildman–Crippen LogP) is 6.00. The summed E-state index contributed by atoms with van der Waals surface area (Å²) in [7, 11) is 1.93. The highest BCUT2D eigenvalue weighted by atomic mass is 79.9. The summed E-state index contributed by atoms with van der Waals surface area (Å²) in [6, 6.07) is 8.09. The monoisotopic (exact) mass is 471 g/mol. The van der Waals surface area contributed by atoms with E-state index < -0.39 is 0 Å². The fourth-order valence-electron chi connectivity index (χ4n) is 1.69. The third kappa shape index (κ3) is 3.19. The van der Waals surface area contributed by atoms with Crippen LogP contribution in [0.2, 0.25) is 5.02 Å². The van der Waals surface area contributed by atoms with Crippen LogP contribution >= 0.6 is 70.7 Å². The number of benzene rings is 1. The Morgan fingerprint density at radius 1 is 1.22 bits per heavy atom. The Morgan fingerprint density at radius 3 is 2.50 bits per heavy atom. The van der Waals surface area contributed by atoms with E-state index in [0.717, 1.165) is 23.3 Å². The Kier molecular flexibility index (Phi) is 5.31. The normalized spacial score (nSPS) is 12.7. The van der Waals surface area contributed by atoms with Gasteiger partial charge in [0.25, 0.3) is 0 Å². The van der Waals surface area contributed by atoms with Crippen molar-refractivity contribution in [3.05, 3.63) is 52.5 Å². The third-order valence-corrected chi connectivity index (χ3v) is 6.67. The minimum atomic E-state index is 0.0857. The third-order valence-electron chi connectivity index (χ3n) is 2.51. The molecule has 1 unspecified atom stereocenters. The first-order valence-corrected chi connectivity index (χ1v) is 8.67. The van der Waals surface area contributed by atoms with E-state index in [0.29, 0.717) is 0 Å². The Morgan fingerprint density at radius 2 is 1.94 bits per heavy atom. The summed E-state index contributed by atoms with van der Waals surface area (Å²) in [5, 5.41) is 4.07. The van der Waals surface area contributed by atoms with Gasteiger partial charge < -0.3 is 5.32 Å². The lowest BCUT2D eigenvalue weighted by atomic mass is 10.1. The lowest BCUT2D eigenvalue weighted by Gasteiger charge is -2.16. The summed E-state index contributed by atoms with van der Waals surface area (Å²) in [6.45, 7) is 0. The summed E-state index contributed by atoms with van der Waals surface area (Å²) >= 11 is 18.5. The maximum atomic E-state index is 6.29. The molecule has 1 aromatic carbocycles. The molecule has 0 radical (unpaired) electrons. The van der Waals surface area contributed by atoms with Gasteiger partial charge >= 0.3 is 0 Å². The molecule has 0 aliphatic carbocycles. The van der Waals surface area contributed by atoms with Crippen molar-refractivity contribution >= 4 is 70.7 Å². The first-order chi connectivity index (χ1) is 8.52. The first-order valence-electron chi connectivity index (χ1n) is 5.10. The molecule has 2 rings (SSSR count). The van der Waals surface area contributed by atoms with Crippen molar-refractivity contribution in [2.75, 3.05) is 7.05 Å². The van der Waals surface area contributed by atoms with Gasteiger partial charge in [-0.1, -0.05) is 27.5 Å². The van der Waals surface area contributed by atoms with Gasteiger partial charge in [-0.15, -0.1) is 11.3 Å². The summed E-state index contributed by atoms with van der Waals surface area (Å²) in [5.74, 6) is 0. The van der Waals surface area contributed by atoms with Gasteiger partial charge in [0.1, 0.15) is 0 Å². The fourth-order valence-corrected chi connectivity index (χ4v) is 4.52. The van der Waals surface area contributed by atoms with E-state index >= 15 is 0 Å². The van der Waals surface area contributed by atoms with Crippen molar-refractivity contribution in [3.8, 4) is 0 Å². The highest BCUT2D eigenvalue weighted by Gasteiger charge is 2.19. The lowest BCUT2D eigenvalue weighted by Crippen LogP contribution is -2.16. The summed E-state index contributed by atoms with van der Waals surface area (Å²) in [6.07, 6.45) is 0. The fraction of sp³-hybridized carbons (Fsp3) is 0.167. The van der Waals surface area contributed by atoms with Crippen LogP contribution in [0.15, 0.2) is 37.0 Å². The Hall–Kier alpha value is 0.610. The lowest BCUT2D eigenvalue weighted by molar-refractivity contribution is 0.703. The van der Waals surface area contributed by atoms with Gasteiger partial charge in [0.2, 0.25) is 0 Å². The molecule has 1 nitrogen and oxygen atoms in total. The van der Waals surface area contributed by atoms with Crippen LogP contribution in [0.5, 0.6) is 0 Å². The SMILES string of the molecule is CNC(c1cc(Br)c(Br)s1)c1cc(Br)ccc1Cl. The second-order valence-corrected chi connectivity index (χ2v) is 8.24. The smallest absolute Gasteiger partial charge is 0.0843 e. The minimum Gasteiger partial charge on any atom is -0.309 e. The molecular formula is C12H9Br3ClNS. The van der Waals surface area contributed by atoms with Crippen LogP contribution in [0.1, 0.15) is 16.5 Å². The second kappa shape index (κ2) is 6.37. The van der Waals surface area contributed by atoms with E-state index in [1.165, 1.54) is 4.88 Å². The van der Waals surface area contributed by atoms with Crippen molar-refractivity contribution in [3.63, 3.8) is 0 Å². The number of halogens is 4. The average Bonchev–Trinajstić information content (AvgIpc) is 2.65. The molecule has 0 amide bonds. The first kappa shape index (κ1) is 15.0. The number of thiophene rings is 1. The molecule has 0 spiro atoms. The van der Waals surface area contributed by atoms with Crippen LogP contribution in [0, 0.1) is 0 Å². The maximum absolute atomic E-state index is 6.29. The van der Waals surface area contributed by atoms with Gasteiger partial charge in [0.05, 0.1) is 9.83 Å². The van der Waals surface area contributed by atoms with Crippen molar-refractivity contribution < 1.29 is 0 Å². The van der Waals surface area contributed by atoms with E-state index in [2.05, 4.69) is 59.2 Å². The summed E-state index contributed by atoms with van der Waals surface area (Å²) < 4.78 is 3.18. The molecule has 18 heavy (non-hydrogen) atoms. The topological polar surface area (TPSA) is 12.0 Å². The van der Waals surface area contributed by atoms with E-state index in [1.807, 2.05) is 25.2 Å². The molecule has 0 aliphatic rings. The molecule has 0 fully saturated rings. The van der Waals surface area contributed by atoms with E-state index in [-0.39, 0.29) is 6.04 Å². The Balaban J connectivity index is 2.48. The molecule has 1 N–H and O–H groups in total. The highest BCUT2D eigenvalue weighted by molar-refractivity contribution is 9.13. The van der Waals surface area contributed by atoms with E-state index in [4.69, 9.17) is 11.6 Å². The van der Waals surface area contributed by atoms with Crippen molar-refractivity contribution in [2.24, 2.45) is 0 Å². The van der Waals surface area contributed by atoms with E-state index in [1.54, 1.807) is 11.3 Å². The molecule has 1 aromatic heterocycles. The van der Waals surface area contributed by atoms with Crippen LogP contribution < -0.4 is 5.32 Å². The van der Waals surface area contributed by atoms with Crippen LogP contribution in [-0.2, 0) is 0 Å². The van der Waals surface area contributed by atoms with Gasteiger partial charge in [-0.2, -0.15) is 0 Å². The molecule has 2 aromatic rings. The van der Waals surface area contributed by atoms with Crippen molar-refractivity contribution in [1.82, 2.24) is 5.32 Å². The van der Waals surface area contributed by atoms with Crippen LogP contribution in [-0.4, -0.2) is 7.05 Å². The van der Waals surface area contributed by atoms with Crippen LogP contribution in [0.4, 0.5) is 0 Å². The van der Waals surface area contributed by atoms with Gasteiger partial charge in [0.15, 0.2) is 0 Å². The Bertz CT molecular complexity index is 551. The van der Waals surface area contributed by atoms with Gasteiger partial charge in [-0.05, 0) is 68.7 Å². The molecule has 1 atom stereocenters. The maximum Gasteiger partial charge on any atom is 0.0843 e. The second-order valence-electron chi connectivity index (χ2n) is 3.66. The number of hydrogen-bond acceptors (Lipinski definition) is 2. The molecule has 0 bridgehead atoms. The number of rotatable bonds is 3.